The molecule has 0 bridgehead atoms. The molecule has 0 aliphatic carbocycles. The van der Waals surface area contributed by atoms with Gasteiger partial charge in [-0.3, -0.25) is 0 Å². The lowest BCUT2D eigenvalue weighted by Crippen LogP contribution is -2.39. The number of aryl methyl sites for hydroxylation is 1. The van der Waals surface area contributed by atoms with Gasteiger partial charge in [0.15, 0.2) is 0 Å². The number of amides is 2. The van der Waals surface area contributed by atoms with Gasteiger partial charge in [-0.1, -0.05) is 6.07 Å². The van der Waals surface area contributed by atoms with Crippen LogP contribution in [0.5, 0.6) is 0 Å². The highest BCUT2D eigenvalue weighted by molar-refractivity contribution is 7.89. The second-order valence-electron chi connectivity index (χ2n) is 8.07. The number of rotatable bonds is 5. The lowest BCUT2D eigenvalue weighted by atomic mass is 10.2. The van der Waals surface area contributed by atoms with Crippen molar-refractivity contribution in [2.45, 2.75) is 24.8 Å². The number of aromatic nitrogens is 1. The van der Waals surface area contributed by atoms with Gasteiger partial charge in [-0.15, -0.1) is 0 Å². The number of ether oxygens (including phenoxy) is 1. The Balaban J connectivity index is 1.44. The highest BCUT2D eigenvalue weighted by Crippen LogP contribution is 2.24. The Labute approximate surface area is 198 Å². The predicted molar refractivity (Wildman–Crippen MR) is 129 cm³/mol. The smallest absolute Gasteiger partial charge is 0.337 e. The number of esters is 1. The van der Waals surface area contributed by atoms with Gasteiger partial charge in [0, 0.05) is 55.5 Å². The van der Waals surface area contributed by atoms with Gasteiger partial charge in [0.05, 0.1) is 17.6 Å². The Morgan fingerprint density at radius 2 is 1.85 bits per heavy atom. The number of nitrogens with one attached hydrogen (secondary N) is 1. The van der Waals surface area contributed by atoms with E-state index in [1.54, 1.807) is 41.3 Å². The van der Waals surface area contributed by atoms with E-state index in [-0.39, 0.29) is 24.0 Å². The first-order valence-electron chi connectivity index (χ1n) is 11.2. The molecule has 10 heteroatoms. The average molecular weight is 485 g/mol. The number of carbonyl (C=O) groups is 2. The maximum atomic E-state index is 13.3. The molecule has 9 nitrogen and oxygen atoms in total. The average Bonchev–Trinajstić information content (AvgIpc) is 3.08. The van der Waals surface area contributed by atoms with Gasteiger partial charge in [-0.05, 0) is 55.8 Å². The molecule has 0 spiro atoms. The minimum Gasteiger partial charge on any atom is -0.465 e. The quantitative estimate of drug-likeness (QED) is 0.560. The molecular formula is C24H28N4O5S. The number of methoxy groups -OCH3 is 1. The molecule has 2 amide bonds. The number of hydrogen-bond acceptors (Lipinski definition) is 5. The summed E-state index contributed by atoms with van der Waals surface area (Å²) >= 11 is 0. The molecule has 34 heavy (non-hydrogen) atoms. The number of fused-ring (bicyclic) bond motifs is 1. The summed E-state index contributed by atoms with van der Waals surface area (Å²) in [5, 5.41) is 3.66. The van der Waals surface area contributed by atoms with Crippen LogP contribution in [0.25, 0.3) is 10.9 Å². The second-order valence-corrected chi connectivity index (χ2v) is 10.0. The maximum Gasteiger partial charge on any atom is 0.337 e. The molecule has 0 atom stereocenters. The zero-order valence-corrected chi connectivity index (χ0v) is 20.0. The van der Waals surface area contributed by atoms with Gasteiger partial charge in [0.25, 0.3) is 0 Å². The standard InChI is InChI=1S/C24H28N4O5S/c1-3-26-13-10-18-17-21(8-9-22(18)26)34(31,32)28-12-5-11-27(14-15-28)24(30)25-20-7-4-6-19(16-20)23(29)33-2/h4,6-10,13,16-17H,3,5,11-12,14-15H2,1-2H3,(H,25,30). The van der Waals surface area contributed by atoms with Crippen LogP contribution in [0.2, 0.25) is 0 Å². The molecular weight excluding hydrogens is 456 g/mol. The van der Waals surface area contributed by atoms with Crippen molar-refractivity contribution in [3.63, 3.8) is 0 Å². The van der Waals surface area contributed by atoms with E-state index in [0.717, 1.165) is 17.4 Å². The third kappa shape index (κ3) is 4.78. The molecule has 1 aliphatic heterocycles. The molecule has 1 aromatic heterocycles. The van der Waals surface area contributed by atoms with Crippen LogP contribution in [0.15, 0.2) is 59.6 Å². The third-order valence-corrected chi connectivity index (χ3v) is 7.89. The van der Waals surface area contributed by atoms with Crippen molar-refractivity contribution in [3.05, 3.63) is 60.3 Å². The van der Waals surface area contributed by atoms with E-state index in [0.29, 0.717) is 30.8 Å². The van der Waals surface area contributed by atoms with Crippen molar-refractivity contribution >= 4 is 38.6 Å². The molecule has 2 heterocycles. The van der Waals surface area contributed by atoms with E-state index in [9.17, 15) is 18.0 Å². The van der Waals surface area contributed by atoms with E-state index in [1.807, 2.05) is 25.3 Å². The number of anilines is 1. The third-order valence-electron chi connectivity index (χ3n) is 6.00. The molecule has 1 aliphatic rings. The highest BCUT2D eigenvalue weighted by atomic mass is 32.2. The number of benzene rings is 2. The summed E-state index contributed by atoms with van der Waals surface area (Å²) in [6, 6.07) is 13.3. The lowest BCUT2D eigenvalue weighted by molar-refractivity contribution is 0.0600. The zero-order valence-electron chi connectivity index (χ0n) is 19.2. The Morgan fingerprint density at radius 1 is 1.03 bits per heavy atom. The number of nitrogens with zero attached hydrogens (tertiary/aromatic N) is 3. The first-order chi connectivity index (χ1) is 16.3. The summed E-state index contributed by atoms with van der Waals surface area (Å²) < 4.78 is 34.8. The molecule has 0 unspecified atom stereocenters. The first-order valence-corrected chi connectivity index (χ1v) is 12.6. The number of hydrogen-bond donors (Lipinski definition) is 1. The maximum absolute atomic E-state index is 13.3. The largest absolute Gasteiger partial charge is 0.465 e. The second kappa shape index (κ2) is 9.86. The normalized spacial score (nSPS) is 15.2. The zero-order chi connectivity index (χ0) is 24.3. The van der Waals surface area contributed by atoms with E-state index < -0.39 is 16.0 Å². The van der Waals surface area contributed by atoms with Crippen molar-refractivity contribution < 1.29 is 22.7 Å². The van der Waals surface area contributed by atoms with Crippen molar-refractivity contribution in [2.75, 3.05) is 38.6 Å². The van der Waals surface area contributed by atoms with Crippen LogP contribution < -0.4 is 5.32 Å². The van der Waals surface area contributed by atoms with E-state index in [2.05, 4.69) is 9.88 Å². The topological polar surface area (TPSA) is 101 Å². The summed E-state index contributed by atoms with van der Waals surface area (Å²) in [6.07, 6.45) is 2.47. The predicted octanol–water partition coefficient (Wildman–Crippen LogP) is 3.38. The fourth-order valence-electron chi connectivity index (χ4n) is 4.15. The molecule has 4 rings (SSSR count). The van der Waals surface area contributed by atoms with Crippen LogP contribution >= 0.6 is 0 Å². The van der Waals surface area contributed by atoms with E-state index >= 15 is 0 Å². The molecule has 1 N–H and O–H groups in total. The molecule has 3 aromatic rings. The molecule has 1 saturated heterocycles. The minimum absolute atomic E-state index is 0.200. The van der Waals surface area contributed by atoms with Gasteiger partial charge in [0.1, 0.15) is 0 Å². The van der Waals surface area contributed by atoms with Gasteiger partial charge < -0.3 is 19.5 Å². The van der Waals surface area contributed by atoms with Crippen molar-refractivity contribution in [2.24, 2.45) is 0 Å². The van der Waals surface area contributed by atoms with Crippen LogP contribution in [0.4, 0.5) is 10.5 Å². The number of carbonyl (C=O) groups excluding carboxylic acids is 2. The fraction of sp³-hybridized carbons (Fsp3) is 0.333. The summed E-state index contributed by atoms with van der Waals surface area (Å²) in [6.45, 7) is 4.07. The summed E-state index contributed by atoms with van der Waals surface area (Å²) in [5.74, 6) is -0.490. The van der Waals surface area contributed by atoms with Gasteiger partial charge in [-0.25, -0.2) is 18.0 Å². The Hall–Kier alpha value is -3.37. The molecule has 2 aromatic carbocycles. The number of urea groups is 1. The van der Waals surface area contributed by atoms with Crippen LogP contribution in [0.3, 0.4) is 0 Å². The van der Waals surface area contributed by atoms with Crippen LogP contribution in [0.1, 0.15) is 23.7 Å². The number of sulfonamides is 1. The van der Waals surface area contributed by atoms with Crippen molar-refractivity contribution in [1.29, 1.82) is 0 Å². The SMILES string of the molecule is CCn1ccc2cc(S(=O)(=O)N3CCCN(C(=O)Nc4cccc(C(=O)OC)c4)CC3)ccc21. The van der Waals surface area contributed by atoms with Crippen molar-refractivity contribution in [1.82, 2.24) is 13.8 Å². The summed E-state index contributed by atoms with van der Waals surface area (Å²) in [4.78, 5) is 26.4. The highest BCUT2D eigenvalue weighted by Gasteiger charge is 2.28. The van der Waals surface area contributed by atoms with Gasteiger partial charge in [0.2, 0.25) is 10.0 Å². The van der Waals surface area contributed by atoms with Crippen LogP contribution in [0, 0.1) is 0 Å². The molecule has 0 radical (unpaired) electrons. The Kier molecular flexibility index (Phi) is 6.90. The van der Waals surface area contributed by atoms with Gasteiger partial charge in [-0.2, -0.15) is 4.31 Å². The van der Waals surface area contributed by atoms with Crippen LogP contribution in [-0.4, -0.2) is 67.5 Å². The Morgan fingerprint density at radius 3 is 2.62 bits per heavy atom. The van der Waals surface area contributed by atoms with Crippen LogP contribution in [-0.2, 0) is 21.3 Å². The lowest BCUT2D eigenvalue weighted by Gasteiger charge is -2.22. The van der Waals surface area contributed by atoms with E-state index in [4.69, 9.17) is 4.74 Å². The first kappa shape index (κ1) is 23.8. The van der Waals surface area contributed by atoms with Crippen molar-refractivity contribution in [3.8, 4) is 0 Å². The van der Waals surface area contributed by atoms with E-state index in [1.165, 1.54) is 11.4 Å². The summed E-state index contributed by atoms with van der Waals surface area (Å²) in [5.41, 5.74) is 1.80. The fourth-order valence-corrected chi connectivity index (χ4v) is 5.65. The summed E-state index contributed by atoms with van der Waals surface area (Å²) in [7, 11) is -2.39. The molecule has 1 fully saturated rings. The van der Waals surface area contributed by atoms with Gasteiger partial charge >= 0.3 is 12.0 Å². The minimum atomic E-state index is -3.69. The molecule has 0 saturated carbocycles. The molecule has 180 valence electrons. The Bertz CT molecular complexity index is 1320. The monoisotopic (exact) mass is 484 g/mol.